The summed E-state index contributed by atoms with van der Waals surface area (Å²) < 4.78 is 5.00. The summed E-state index contributed by atoms with van der Waals surface area (Å²) in [6.45, 7) is 2.31. The molecular weight excluding hydrogens is 248 g/mol. The zero-order chi connectivity index (χ0) is 14.3. The Morgan fingerprint density at radius 3 is 2.89 bits per heavy atom. The number of carboxylic acid groups (broad SMARTS) is 1. The minimum Gasteiger partial charge on any atom is -0.481 e. The summed E-state index contributed by atoms with van der Waals surface area (Å²) in [4.78, 5) is 26.3. The second kappa shape index (κ2) is 7.35. The number of nitrogens with zero attached hydrogens (tertiary/aromatic N) is 1. The number of pyridine rings is 1. The molecule has 6 heteroatoms. The quantitative estimate of drug-likeness (QED) is 0.777. The second-order valence-electron chi connectivity index (χ2n) is 4.31. The second-order valence-corrected chi connectivity index (χ2v) is 4.31. The highest BCUT2D eigenvalue weighted by Gasteiger charge is 2.13. The molecule has 1 unspecified atom stereocenters. The van der Waals surface area contributed by atoms with E-state index in [0.29, 0.717) is 18.5 Å². The van der Waals surface area contributed by atoms with E-state index in [4.69, 9.17) is 9.84 Å². The van der Waals surface area contributed by atoms with Crippen molar-refractivity contribution in [3.63, 3.8) is 0 Å². The molecule has 1 atom stereocenters. The predicted octanol–water partition coefficient (Wildman–Crippen LogP) is 1.32. The average molecular weight is 266 g/mol. The fourth-order valence-electron chi connectivity index (χ4n) is 1.56. The SMILES string of the molecule is COc1ncccc1C(=O)NCC(C)CCC(=O)O. The van der Waals surface area contributed by atoms with Crippen LogP contribution in [0.3, 0.4) is 0 Å². The van der Waals surface area contributed by atoms with Crippen molar-refractivity contribution in [2.45, 2.75) is 19.8 Å². The standard InChI is InChI=1S/C13H18N2O4/c1-9(5-6-11(16)17)8-15-12(18)10-4-3-7-14-13(10)19-2/h3-4,7,9H,5-6,8H2,1-2H3,(H,15,18)(H,16,17). The Bertz CT molecular complexity index is 448. The summed E-state index contributed by atoms with van der Waals surface area (Å²) in [6, 6.07) is 3.29. The Balaban J connectivity index is 2.49. The summed E-state index contributed by atoms with van der Waals surface area (Å²) in [7, 11) is 1.45. The van der Waals surface area contributed by atoms with Crippen LogP contribution in [0.4, 0.5) is 0 Å². The minimum absolute atomic E-state index is 0.0997. The Hall–Kier alpha value is -2.11. The molecular formula is C13H18N2O4. The molecule has 0 aromatic carbocycles. The molecule has 1 rings (SSSR count). The molecule has 1 amide bonds. The minimum atomic E-state index is -0.827. The van der Waals surface area contributed by atoms with E-state index in [-0.39, 0.29) is 24.1 Å². The highest BCUT2D eigenvalue weighted by Crippen LogP contribution is 2.13. The van der Waals surface area contributed by atoms with Gasteiger partial charge in [-0.1, -0.05) is 6.92 Å². The summed E-state index contributed by atoms with van der Waals surface area (Å²) in [5.41, 5.74) is 0.371. The van der Waals surface area contributed by atoms with Crippen LogP contribution in [-0.4, -0.2) is 35.6 Å². The molecule has 0 fully saturated rings. The number of hydrogen-bond donors (Lipinski definition) is 2. The first-order valence-corrected chi connectivity index (χ1v) is 6.03. The smallest absolute Gasteiger partial charge is 0.303 e. The van der Waals surface area contributed by atoms with E-state index in [1.807, 2.05) is 6.92 Å². The first-order valence-electron chi connectivity index (χ1n) is 6.03. The van der Waals surface area contributed by atoms with Gasteiger partial charge in [-0.3, -0.25) is 9.59 Å². The molecule has 1 heterocycles. The fourth-order valence-corrected chi connectivity index (χ4v) is 1.56. The van der Waals surface area contributed by atoms with E-state index in [1.165, 1.54) is 7.11 Å². The lowest BCUT2D eigenvalue weighted by Crippen LogP contribution is -2.29. The summed E-state index contributed by atoms with van der Waals surface area (Å²) in [6.07, 6.45) is 2.18. The van der Waals surface area contributed by atoms with Crippen molar-refractivity contribution in [3.05, 3.63) is 23.9 Å². The zero-order valence-corrected chi connectivity index (χ0v) is 11.0. The summed E-state index contributed by atoms with van der Waals surface area (Å²) >= 11 is 0. The monoisotopic (exact) mass is 266 g/mol. The van der Waals surface area contributed by atoms with E-state index in [9.17, 15) is 9.59 Å². The van der Waals surface area contributed by atoms with E-state index >= 15 is 0 Å². The van der Waals surface area contributed by atoms with Crippen LogP contribution in [0.5, 0.6) is 5.88 Å². The lowest BCUT2D eigenvalue weighted by molar-refractivity contribution is -0.137. The van der Waals surface area contributed by atoms with Gasteiger partial charge in [0.15, 0.2) is 0 Å². The van der Waals surface area contributed by atoms with Crippen molar-refractivity contribution < 1.29 is 19.4 Å². The Morgan fingerprint density at radius 1 is 1.53 bits per heavy atom. The molecule has 6 nitrogen and oxygen atoms in total. The van der Waals surface area contributed by atoms with Gasteiger partial charge in [0.2, 0.25) is 5.88 Å². The number of nitrogens with one attached hydrogen (secondary N) is 1. The van der Waals surface area contributed by atoms with Crippen LogP contribution in [0, 0.1) is 5.92 Å². The van der Waals surface area contributed by atoms with Crippen LogP contribution >= 0.6 is 0 Å². The van der Waals surface area contributed by atoms with Gasteiger partial charge in [0.25, 0.3) is 5.91 Å². The highest BCUT2D eigenvalue weighted by atomic mass is 16.5. The fraction of sp³-hybridized carbons (Fsp3) is 0.462. The third kappa shape index (κ3) is 4.95. The molecule has 19 heavy (non-hydrogen) atoms. The molecule has 0 aliphatic carbocycles. The molecule has 1 aromatic rings. The highest BCUT2D eigenvalue weighted by molar-refractivity contribution is 5.96. The van der Waals surface area contributed by atoms with Gasteiger partial charge in [-0.2, -0.15) is 0 Å². The number of carbonyl (C=O) groups is 2. The van der Waals surface area contributed by atoms with Gasteiger partial charge in [-0.25, -0.2) is 4.98 Å². The molecule has 0 spiro atoms. The zero-order valence-electron chi connectivity index (χ0n) is 11.0. The molecule has 0 saturated heterocycles. The molecule has 0 saturated carbocycles. The van der Waals surface area contributed by atoms with E-state index in [1.54, 1.807) is 18.3 Å². The number of rotatable bonds is 7. The third-order valence-electron chi connectivity index (χ3n) is 2.67. The van der Waals surface area contributed by atoms with E-state index < -0.39 is 5.97 Å². The Morgan fingerprint density at radius 2 is 2.26 bits per heavy atom. The topological polar surface area (TPSA) is 88.5 Å². The third-order valence-corrected chi connectivity index (χ3v) is 2.67. The van der Waals surface area contributed by atoms with Crippen LogP contribution in [0.2, 0.25) is 0 Å². The van der Waals surface area contributed by atoms with Gasteiger partial charge in [0, 0.05) is 19.2 Å². The molecule has 104 valence electrons. The molecule has 0 bridgehead atoms. The largest absolute Gasteiger partial charge is 0.481 e. The normalized spacial score (nSPS) is 11.7. The van der Waals surface area contributed by atoms with Crippen molar-refractivity contribution in [1.82, 2.24) is 10.3 Å². The number of ether oxygens (including phenoxy) is 1. The van der Waals surface area contributed by atoms with Crippen molar-refractivity contribution >= 4 is 11.9 Å². The number of amides is 1. The van der Waals surface area contributed by atoms with Crippen LogP contribution in [0.15, 0.2) is 18.3 Å². The number of carboxylic acids is 1. The van der Waals surface area contributed by atoms with Crippen molar-refractivity contribution in [1.29, 1.82) is 0 Å². The number of hydrogen-bond acceptors (Lipinski definition) is 4. The first kappa shape index (κ1) is 14.9. The molecule has 2 N–H and O–H groups in total. The van der Waals surface area contributed by atoms with E-state index in [0.717, 1.165) is 0 Å². The molecule has 0 aliphatic heterocycles. The summed E-state index contributed by atoms with van der Waals surface area (Å²) in [5, 5.41) is 11.3. The number of carbonyl (C=O) groups excluding carboxylic acids is 1. The molecule has 1 aromatic heterocycles. The van der Waals surface area contributed by atoms with Crippen LogP contribution in [0.25, 0.3) is 0 Å². The maximum Gasteiger partial charge on any atom is 0.303 e. The molecule has 0 radical (unpaired) electrons. The summed E-state index contributed by atoms with van der Waals surface area (Å²) in [5.74, 6) is -0.722. The van der Waals surface area contributed by atoms with Gasteiger partial charge in [-0.15, -0.1) is 0 Å². The van der Waals surface area contributed by atoms with Crippen molar-refractivity contribution in [2.75, 3.05) is 13.7 Å². The van der Waals surface area contributed by atoms with Gasteiger partial charge in [0.05, 0.1) is 7.11 Å². The van der Waals surface area contributed by atoms with Gasteiger partial charge >= 0.3 is 5.97 Å². The number of aromatic nitrogens is 1. The van der Waals surface area contributed by atoms with E-state index in [2.05, 4.69) is 10.3 Å². The predicted molar refractivity (Wildman–Crippen MR) is 69.2 cm³/mol. The number of methoxy groups -OCH3 is 1. The van der Waals surface area contributed by atoms with Gasteiger partial charge in [0.1, 0.15) is 5.56 Å². The Kier molecular flexibility index (Phi) is 5.78. The lowest BCUT2D eigenvalue weighted by Gasteiger charge is -2.12. The molecule has 0 aliphatic rings. The maximum absolute atomic E-state index is 11.9. The lowest BCUT2D eigenvalue weighted by atomic mass is 10.1. The van der Waals surface area contributed by atoms with Crippen molar-refractivity contribution in [2.24, 2.45) is 5.92 Å². The first-order chi connectivity index (χ1) is 9.04. The maximum atomic E-state index is 11.9. The average Bonchev–Trinajstić information content (AvgIpc) is 2.42. The number of aliphatic carboxylic acids is 1. The van der Waals surface area contributed by atoms with Crippen LogP contribution in [-0.2, 0) is 4.79 Å². The Labute approximate surface area is 111 Å². The van der Waals surface area contributed by atoms with Gasteiger partial charge in [-0.05, 0) is 24.5 Å². The van der Waals surface area contributed by atoms with Crippen molar-refractivity contribution in [3.8, 4) is 5.88 Å². The van der Waals surface area contributed by atoms with Gasteiger partial charge < -0.3 is 15.2 Å². The van der Waals surface area contributed by atoms with Crippen LogP contribution < -0.4 is 10.1 Å². The van der Waals surface area contributed by atoms with Crippen LogP contribution in [0.1, 0.15) is 30.1 Å².